The molecule has 1 rings (SSSR count). The number of aromatic nitrogens is 1. The second-order valence-corrected chi connectivity index (χ2v) is 2.59. The summed E-state index contributed by atoms with van der Waals surface area (Å²) in [6, 6.07) is 0.429. The quantitative estimate of drug-likeness (QED) is 0.680. The molecule has 0 amide bonds. The molecule has 1 N–H and O–H groups in total. The highest BCUT2D eigenvalue weighted by atomic mass is 16.5. The summed E-state index contributed by atoms with van der Waals surface area (Å²) in [5, 5.41) is 6.83. The minimum absolute atomic E-state index is 0.429. The van der Waals surface area contributed by atoms with Crippen LogP contribution in [0.1, 0.15) is 19.6 Å². The Morgan fingerprint density at radius 3 is 2.70 bits per heavy atom. The maximum atomic E-state index is 4.85. The lowest BCUT2D eigenvalue weighted by Crippen LogP contribution is -2.09. The first-order valence-electron chi connectivity index (χ1n) is 3.38. The van der Waals surface area contributed by atoms with Crippen molar-refractivity contribution >= 4 is 5.69 Å². The van der Waals surface area contributed by atoms with E-state index in [1.165, 1.54) is 0 Å². The number of nitrogens with one attached hydrogen (secondary N) is 1. The normalized spacial score (nSPS) is 10.4. The molecule has 0 aliphatic carbocycles. The van der Waals surface area contributed by atoms with Crippen LogP contribution in [-0.4, -0.2) is 11.2 Å². The fraction of sp³-hybridized carbons (Fsp3) is 0.571. The molecule has 0 aliphatic rings. The van der Waals surface area contributed by atoms with Gasteiger partial charge >= 0.3 is 0 Å². The van der Waals surface area contributed by atoms with E-state index in [1.54, 1.807) is 6.20 Å². The van der Waals surface area contributed by atoms with E-state index >= 15 is 0 Å². The summed E-state index contributed by atoms with van der Waals surface area (Å²) in [7, 11) is 0. The molecule has 0 bridgehead atoms. The van der Waals surface area contributed by atoms with Crippen LogP contribution < -0.4 is 5.32 Å². The average Bonchev–Trinajstić information content (AvgIpc) is 2.15. The molecule has 3 heteroatoms. The largest absolute Gasteiger partial charge is 0.379 e. The molecule has 0 aromatic carbocycles. The molecule has 3 nitrogen and oxygen atoms in total. The molecular weight excluding hydrogens is 128 g/mol. The Bertz CT molecular complexity index is 205. The molecule has 0 fully saturated rings. The average molecular weight is 140 g/mol. The number of aryl methyl sites for hydroxylation is 1. The van der Waals surface area contributed by atoms with Crippen LogP contribution in [0.4, 0.5) is 5.69 Å². The van der Waals surface area contributed by atoms with Crippen molar-refractivity contribution < 1.29 is 4.52 Å². The van der Waals surface area contributed by atoms with Crippen LogP contribution in [0.15, 0.2) is 10.7 Å². The van der Waals surface area contributed by atoms with E-state index in [1.807, 2.05) is 6.92 Å². The van der Waals surface area contributed by atoms with Crippen LogP contribution in [0, 0.1) is 6.92 Å². The number of hydrogen-bond donors (Lipinski definition) is 1. The molecule has 0 atom stereocenters. The zero-order valence-electron chi connectivity index (χ0n) is 6.51. The van der Waals surface area contributed by atoms with E-state index in [0.717, 1.165) is 11.4 Å². The minimum Gasteiger partial charge on any atom is -0.379 e. The van der Waals surface area contributed by atoms with E-state index in [9.17, 15) is 0 Å². The number of rotatable bonds is 2. The first kappa shape index (κ1) is 7.12. The summed E-state index contributed by atoms with van der Waals surface area (Å²) >= 11 is 0. The molecule has 1 aromatic heterocycles. The van der Waals surface area contributed by atoms with Gasteiger partial charge in [-0.15, -0.1) is 0 Å². The Morgan fingerprint density at radius 1 is 1.60 bits per heavy atom. The van der Waals surface area contributed by atoms with Crippen LogP contribution >= 0.6 is 0 Å². The van der Waals surface area contributed by atoms with Gasteiger partial charge in [0, 0.05) is 6.04 Å². The highest BCUT2D eigenvalue weighted by molar-refractivity contribution is 5.43. The van der Waals surface area contributed by atoms with Gasteiger partial charge in [0.25, 0.3) is 0 Å². The molecular formula is C7H12N2O. The van der Waals surface area contributed by atoms with E-state index in [-0.39, 0.29) is 0 Å². The van der Waals surface area contributed by atoms with Gasteiger partial charge in [0.15, 0.2) is 5.76 Å². The third-order valence-electron chi connectivity index (χ3n) is 1.19. The van der Waals surface area contributed by atoms with Crippen molar-refractivity contribution in [2.24, 2.45) is 0 Å². The Hall–Kier alpha value is -0.990. The standard InChI is InChI=1S/C7H12N2O/c1-5(2)9-7-4-8-10-6(7)3/h4-5,9H,1-3H3. The molecule has 0 unspecified atom stereocenters. The maximum Gasteiger partial charge on any atom is 0.156 e. The topological polar surface area (TPSA) is 38.1 Å². The van der Waals surface area contributed by atoms with Gasteiger partial charge in [0.05, 0.1) is 11.9 Å². The Morgan fingerprint density at radius 2 is 2.30 bits per heavy atom. The molecule has 1 heterocycles. The molecule has 10 heavy (non-hydrogen) atoms. The van der Waals surface area contributed by atoms with Crippen LogP contribution in [0.3, 0.4) is 0 Å². The smallest absolute Gasteiger partial charge is 0.156 e. The first-order valence-corrected chi connectivity index (χ1v) is 3.38. The summed E-state index contributed by atoms with van der Waals surface area (Å²) in [4.78, 5) is 0. The molecule has 0 saturated heterocycles. The van der Waals surface area contributed by atoms with Gasteiger partial charge in [-0.3, -0.25) is 0 Å². The number of anilines is 1. The highest BCUT2D eigenvalue weighted by Crippen LogP contribution is 2.12. The predicted molar refractivity (Wildman–Crippen MR) is 40.0 cm³/mol. The van der Waals surface area contributed by atoms with Crippen LogP contribution in [-0.2, 0) is 0 Å². The van der Waals surface area contributed by atoms with Crippen molar-refractivity contribution in [3.63, 3.8) is 0 Å². The SMILES string of the molecule is Cc1oncc1NC(C)C. The van der Waals surface area contributed by atoms with Crippen molar-refractivity contribution in [3.8, 4) is 0 Å². The van der Waals surface area contributed by atoms with Gasteiger partial charge < -0.3 is 9.84 Å². The number of nitrogens with zero attached hydrogens (tertiary/aromatic N) is 1. The summed E-state index contributed by atoms with van der Waals surface area (Å²) in [6.07, 6.45) is 1.69. The van der Waals surface area contributed by atoms with Gasteiger partial charge in [-0.1, -0.05) is 5.16 Å². The Labute approximate surface area is 60.4 Å². The lowest BCUT2D eigenvalue weighted by Gasteiger charge is -2.05. The summed E-state index contributed by atoms with van der Waals surface area (Å²) in [5.74, 6) is 0.841. The maximum absolute atomic E-state index is 4.85. The van der Waals surface area contributed by atoms with Crippen molar-refractivity contribution in [1.82, 2.24) is 5.16 Å². The van der Waals surface area contributed by atoms with Gasteiger partial charge in [-0.25, -0.2) is 0 Å². The van der Waals surface area contributed by atoms with Gasteiger partial charge in [-0.05, 0) is 20.8 Å². The fourth-order valence-corrected chi connectivity index (χ4v) is 0.748. The fourth-order valence-electron chi connectivity index (χ4n) is 0.748. The van der Waals surface area contributed by atoms with Crippen molar-refractivity contribution in [2.75, 3.05) is 5.32 Å². The lowest BCUT2D eigenvalue weighted by molar-refractivity contribution is 0.398. The summed E-state index contributed by atoms with van der Waals surface area (Å²) < 4.78 is 4.85. The highest BCUT2D eigenvalue weighted by Gasteiger charge is 2.01. The van der Waals surface area contributed by atoms with E-state index in [4.69, 9.17) is 4.52 Å². The van der Waals surface area contributed by atoms with E-state index in [2.05, 4.69) is 24.3 Å². The molecule has 0 aliphatic heterocycles. The Balaban J connectivity index is 2.65. The zero-order valence-corrected chi connectivity index (χ0v) is 6.51. The van der Waals surface area contributed by atoms with Gasteiger partial charge in [0.2, 0.25) is 0 Å². The van der Waals surface area contributed by atoms with Crippen molar-refractivity contribution in [3.05, 3.63) is 12.0 Å². The van der Waals surface area contributed by atoms with Gasteiger partial charge in [0.1, 0.15) is 0 Å². The zero-order chi connectivity index (χ0) is 7.56. The molecule has 56 valence electrons. The van der Waals surface area contributed by atoms with Crippen molar-refractivity contribution in [1.29, 1.82) is 0 Å². The van der Waals surface area contributed by atoms with E-state index in [0.29, 0.717) is 6.04 Å². The van der Waals surface area contributed by atoms with Crippen molar-refractivity contribution in [2.45, 2.75) is 26.8 Å². The lowest BCUT2D eigenvalue weighted by atomic mass is 10.3. The monoisotopic (exact) mass is 140 g/mol. The Kier molecular flexibility index (Phi) is 1.94. The summed E-state index contributed by atoms with van der Waals surface area (Å²) in [6.45, 7) is 6.04. The first-order chi connectivity index (χ1) is 4.70. The third kappa shape index (κ3) is 1.50. The molecule has 0 spiro atoms. The van der Waals surface area contributed by atoms with Crippen LogP contribution in [0.5, 0.6) is 0 Å². The van der Waals surface area contributed by atoms with Crippen LogP contribution in [0.25, 0.3) is 0 Å². The second-order valence-electron chi connectivity index (χ2n) is 2.59. The van der Waals surface area contributed by atoms with Crippen LogP contribution in [0.2, 0.25) is 0 Å². The molecule has 0 radical (unpaired) electrons. The summed E-state index contributed by atoms with van der Waals surface area (Å²) in [5.41, 5.74) is 0.981. The molecule has 0 saturated carbocycles. The third-order valence-corrected chi connectivity index (χ3v) is 1.19. The molecule has 1 aromatic rings. The minimum atomic E-state index is 0.429. The number of hydrogen-bond acceptors (Lipinski definition) is 3. The van der Waals surface area contributed by atoms with E-state index < -0.39 is 0 Å². The predicted octanol–water partition coefficient (Wildman–Crippen LogP) is 1.80. The second kappa shape index (κ2) is 2.73. The van der Waals surface area contributed by atoms with Gasteiger partial charge in [-0.2, -0.15) is 0 Å².